The van der Waals surface area contributed by atoms with Crippen molar-refractivity contribution < 1.29 is 33.4 Å². The van der Waals surface area contributed by atoms with E-state index in [-0.39, 0.29) is 28.5 Å². The first-order valence-corrected chi connectivity index (χ1v) is 9.46. The van der Waals surface area contributed by atoms with E-state index in [1.807, 2.05) is 0 Å². The highest BCUT2D eigenvalue weighted by atomic mass is 32.1. The fourth-order valence-corrected chi connectivity index (χ4v) is 3.44. The smallest absolute Gasteiger partial charge is 0.342 e. The van der Waals surface area contributed by atoms with Gasteiger partial charge in [0.25, 0.3) is 5.91 Å². The zero-order chi connectivity index (χ0) is 20.8. The van der Waals surface area contributed by atoms with E-state index in [1.165, 1.54) is 18.4 Å². The van der Waals surface area contributed by atoms with Gasteiger partial charge in [0, 0.05) is 10.9 Å². The third-order valence-electron chi connectivity index (χ3n) is 3.77. The second-order valence-electron chi connectivity index (χ2n) is 5.69. The molecule has 8 nitrogen and oxygen atoms in total. The standard InChI is InChI=1S/C20H17NO7S/c1-2-26-20(25)17-13(15-8-5-9-27-15)11-29-18(17)21-16(23)10-28-19(24)12-6-3-4-7-14(12)22/h3-9,11,22H,2,10H2,1H3,(H,21,23). The molecule has 0 saturated carbocycles. The fourth-order valence-electron chi connectivity index (χ4n) is 2.49. The van der Waals surface area contributed by atoms with Gasteiger partial charge in [-0.3, -0.25) is 4.79 Å². The third-order valence-corrected chi connectivity index (χ3v) is 4.66. The molecule has 2 heterocycles. The van der Waals surface area contributed by atoms with Crippen molar-refractivity contribution in [3.8, 4) is 17.1 Å². The van der Waals surface area contributed by atoms with E-state index in [0.717, 1.165) is 11.3 Å². The summed E-state index contributed by atoms with van der Waals surface area (Å²) in [5.74, 6) is -1.89. The SMILES string of the molecule is CCOC(=O)c1c(-c2ccco2)csc1NC(=O)COC(=O)c1ccccc1O. The molecule has 0 aliphatic carbocycles. The molecule has 1 amide bonds. The second-order valence-corrected chi connectivity index (χ2v) is 6.57. The van der Waals surface area contributed by atoms with Crippen LogP contribution in [0.4, 0.5) is 5.00 Å². The lowest BCUT2D eigenvalue weighted by molar-refractivity contribution is -0.119. The number of carbonyl (C=O) groups excluding carboxylic acids is 3. The molecule has 9 heteroatoms. The Hall–Kier alpha value is -3.59. The first-order chi connectivity index (χ1) is 14.0. The summed E-state index contributed by atoms with van der Waals surface area (Å²) >= 11 is 1.12. The Bertz CT molecular complexity index is 1020. The van der Waals surface area contributed by atoms with Crippen LogP contribution in [0, 0.1) is 0 Å². The van der Waals surface area contributed by atoms with Crippen LogP contribution in [0.3, 0.4) is 0 Å². The zero-order valence-electron chi connectivity index (χ0n) is 15.3. The van der Waals surface area contributed by atoms with Gasteiger partial charge in [-0.15, -0.1) is 11.3 Å². The van der Waals surface area contributed by atoms with Crippen LogP contribution >= 0.6 is 11.3 Å². The number of para-hydroxylation sites is 1. The molecule has 0 spiro atoms. The van der Waals surface area contributed by atoms with Crippen molar-refractivity contribution in [3.63, 3.8) is 0 Å². The molecule has 0 aliphatic rings. The summed E-state index contributed by atoms with van der Waals surface area (Å²) in [6.07, 6.45) is 1.47. The van der Waals surface area contributed by atoms with Crippen LogP contribution in [0.1, 0.15) is 27.6 Å². The number of nitrogens with one attached hydrogen (secondary N) is 1. The molecular formula is C20H17NO7S. The average Bonchev–Trinajstić information content (AvgIpc) is 3.36. The van der Waals surface area contributed by atoms with Gasteiger partial charge in [0.1, 0.15) is 27.6 Å². The number of aromatic hydroxyl groups is 1. The van der Waals surface area contributed by atoms with Gasteiger partial charge in [0.2, 0.25) is 0 Å². The van der Waals surface area contributed by atoms with Crippen LogP contribution < -0.4 is 5.32 Å². The number of furan rings is 1. The van der Waals surface area contributed by atoms with Crippen LogP contribution in [0.5, 0.6) is 5.75 Å². The summed E-state index contributed by atoms with van der Waals surface area (Å²) < 4.78 is 15.3. The summed E-state index contributed by atoms with van der Waals surface area (Å²) in [5.41, 5.74) is 0.593. The first-order valence-electron chi connectivity index (χ1n) is 8.58. The predicted molar refractivity (Wildman–Crippen MR) is 105 cm³/mol. The van der Waals surface area contributed by atoms with Crippen molar-refractivity contribution in [1.82, 2.24) is 0 Å². The van der Waals surface area contributed by atoms with Gasteiger partial charge >= 0.3 is 11.9 Å². The summed E-state index contributed by atoms with van der Waals surface area (Å²) in [5, 5.41) is 14.1. The van der Waals surface area contributed by atoms with Crippen molar-refractivity contribution >= 4 is 34.2 Å². The number of carbonyl (C=O) groups is 3. The molecule has 3 aromatic rings. The summed E-state index contributed by atoms with van der Waals surface area (Å²) in [7, 11) is 0. The average molecular weight is 415 g/mol. The largest absolute Gasteiger partial charge is 0.507 e. The van der Waals surface area contributed by atoms with Crippen molar-refractivity contribution in [1.29, 1.82) is 0 Å². The van der Waals surface area contributed by atoms with E-state index >= 15 is 0 Å². The van der Waals surface area contributed by atoms with Gasteiger partial charge in [0.05, 0.1) is 12.9 Å². The highest BCUT2D eigenvalue weighted by molar-refractivity contribution is 7.15. The molecule has 0 aliphatic heterocycles. The van der Waals surface area contributed by atoms with Gasteiger partial charge in [-0.05, 0) is 31.2 Å². The van der Waals surface area contributed by atoms with E-state index in [9.17, 15) is 19.5 Å². The topological polar surface area (TPSA) is 115 Å². The van der Waals surface area contributed by atoms with Crippen molar-refractivity contribution in [2.24, 2.45) is 0 Å². The summed E-state index contributed by atoms with van der Waals surface area (Å²) in [6.45, 7) is 1.24. The van der Waals surface area contributed by atoms with Crippen LogP contribution in [-0.4, -0.2) is 36.2 Å². The number of anilines is 1. The number of esters is 2. The third kappa shape index (κ3) is 4.64. The van der Waals surface area contributed by atoms with E-state index in [1.54, 1.807) is 36.6 Å². The maximum absolute atomic E-state index is 12.4. The minimum absolute atomic E-state index is 0.0521. The number of hydrogen-bond donors (Lipinski definition) is 2. The molecule has 0 unspecified atom stereocenters. The number of amides is 1. The summed E-state index contributed by atoms with van der Waals surface area (Å²) in [6, 6.07) is 9.20. The Labute approximate surface area is 169 Å². The van der Waals surface area contributed by atoms with Gasteiger partial charge in [-0.25, -0.2) is 9.59 Å². The number of thiophene rings is 1. The van der Waals surface area contributed by atoms with E-state index in [0.29, 0.717) is 11.3 Å². The minimum Gasteiger partial charge on any atom is -0.507 e. The van der Waals surface area contributed by atoms with Gasteiger partial charge < -0.3 is 24.3 Å². The van der Waals surface area contributed by atoms with Gasteiger partial charge in [-0.2, -0.15) is 0 Å². The Morgan fingerprint density at radius 3 is 2.59 bits per heavy atom. The normalized spacial score (nSPS) is 10.4. The number of phenols is 1. The molecule has 29 heavy (non-hydrogen) atoms. The first kappa shape index (κ1) is 20.2. The lowest BCUT2D eigenvalue weighted by atomic mass is 10.1. The molecule has 0 fully saturated rings. The molecule has 0 saturated heterocycles. The lowest BCUT2D eigenvalue weighted by Gasteiger charge is -2.09. The Kier molecular flexibility index (Phi) is 6.30. The van der Waals surface area contributed by atoms with Crippen molar-refractivity contribution in [2.45, 2.75) is 6.92 Å². The van der Waals surface area contributed by atoms with Crippen LogP contribution in [0.25, 0.3) is 11.3 Å². The zero-order valence-corrected chi connectivity index (χ0v) is 16.2. The quantitative estimate of drug-likeness (QED) is 0.566. The number of rotatable bonds is 7. The van der Waals surface area contributed by atoms with Crippen molar-refractivity contribution in [3.05, 3.63) is 59.2 Å². The molecule has 1 aromatic carbocycles. The number of benzene rings is 1. The van der Waals surface area contributed by atoms with E-state index in [4.69, 9.17) is 13.9 Å². The van der Waals surface area contributed by atoms with Gasteiger partial charge in [0.15, 0.2) is 6.61 Å². The minimum atomic E-state index is -0.841. The Balaban J connectivity index is 1.72. The molecular weight excluding hydrogens is 398 g/mol. The van der Waals surface area contributed by atoms with Gasteiger partial charge in [-0.1, -0.05) is 12.1 Å². The molecule has 2 N–H and O–H groups in total. The number of phenolic OH excluding ortho intramolecular Hbond substituents is 1. The maximum atomic E-state index is 12.4. The highest BCUT2D eigenvalue weighted by Crippen LogP contribution is 2.36. The molecule has 0 bridgehead atoms. The lowest BCUT2D eigenvalue weighted by Crippen LogP contribution is -2.21. The van der Waals surface area contributed by atoms with Crippen LogP contribution in [0.2, 0.25) is 0 Å². The predicted octanol–water partition coefficient (Wildman–Crippen LogP) is 3.69. The second kappa shape index (κ2) is 9.07. The Morgan fingerprint density at radius 2 is 1.90 bits per heavy atom. The molecule has 2 aromatic heterocycles. The monoisotopic (exact) mass is 415 g/mol. The van der Waals surface area contributed by atoms with Crippen molar-refractivity contribution in [2.75, 3.05) is 18.5 Å². The van der Waals surface area contributed by atoms with Crippen LogP contribution in [-0.2, 0) is 14.3 Å². The molecule has 3 rings (SSSR count). The van der Waals surface area contributed by atoms with E-state index in [2.05, 4.69) is 5.32 Å². The summed E-state index contributed by atoms with van der Waals surface area (Å²) in [4.78, 5) is 36.6. The Morgan fingerprint density at radius 1 is 1.10 bits per heavy atom. The number of hydrogen-bond acceptors (Lipinski definition) is 8. The fraction of sp³-hybridized carbons (Fsp3) is 0.150. The van der Waals surface area contributed by atoms with Crippen LogP contribution in [0.15, 0.2) is 52.5 Å². The van der Waals surface area contributed by atoms with E-state index < -0.39 is 24.5 Å². The molecule has 150 valence electrons. The maximum Gasteiger partial charge on any atom is 0.342 e. The number of ether oxygens (including phenoxy) is 2. The highest BCUT2D eigenvalue weighted by Gasteiger charge is 2.24. The molecule has 0 radical (unpaired) electrons. The molecule has 0 atom stereocenters.